The van der Waals surface area contributed by atoms with E-state index in [0.717, 1.165) is 18.6 Å². The lowest BCUT2D eigenvalue weighted by Crippen LogP contribution is -2.26. The molecule has 0 unspecified atom stereocenters. The third-order valence-electron chi connectivity index (χ3n) is 4.90. The van der Waals surface area contributed by atoms with Crippen LogP contribution in [-0.2, 0) is 0 Å². The first-order valence-electron chi connectivity index (χ1n) is 9.03. The average molecular weight is 387 g/mol. The largest absolute Gasteiger partial charge is 0.395 e. The van der Waals surface area contributed by atoms with Gasteiger partial charge < -0.3 is 15.3 Å². The van der Waals surface area contributed by atoms with Crippen LogP contribution in [-0.4, -0.2) is 45.9 Å². The van der Waals surface area contributed by atoms with Gasteiger partial charge in [-0.05, 0) is 37.1 Å². The number of amides is 1. The summed E-state index contributed by atoms with van der Waals surface area (Å²) < 4.78 is 28.0. The number of hydrogen-bond donors (Lipinski definition) is 3. The molecule has 1 aromatic carbocycles. The van der Waals surface area contributed by atoms with Crippen molar-refractivity contribution in [1.29, 1.82) is 0 Å². The van der Waals surface area contributed by atoms with Crippen molar-refractivity contribution in [2.24, 2.45) is 0 Å². The topological polar surface area (TPSA) is 94.1 Å². The van der Waals surface area contributed by atoms with Gasteiger partial charge in [0.2, 0.25) is 0 Å². The summed E-state index contributed by atoms with van der Waals surface area (Å²) in [5.41, 5.74) is 1.12. The molecule has 0 bridgehead atoms. The van der Waals surface area contributed by atoms with Crippen molar-refractivity contribution >= 4 is 22.8 Å². The van der Waals surface area contributed by atoms with Crippen LogP contribution in [0.1, 0.15) is 34.8 Å². The normalized spacial score (nSPS) is 16.7. The first-order valence-corrected chi connectivity index (χ1v) is 9.03. The fourth-order valence-electron chi connectivity index (χ4n) is 3.62. The van der Waals surface area contributed by atoms with E-state index in [1.807, 2.05) is 4.90 Å². The predicted octanol–water partition coefficient (Wildman–Crippen LogP) is 2.30. The first kappa shape index (κ1) is 18.3. The van der Waals surface area contributed by atoms with Gasteiger partial charge in [-0.1, -0.05) is 0 Å². The number of fused-ring (bicyclic) bond motifs is 1. The molecule has 146 valence electrons. The molecule has 1 saturated heterocycles. The number of aromatic amines is 1. The number of halogens is 2. The molecule has 9 heteroatoms. The standard InChI is InChI=1S/C19H19F2N5O2/c20-12-3-4-15(21)13(9-12)16-2-1-6-26(16)18-14-8-11(19(28)22-5-7-27)10-23-17(14)24-25-18/h3-4,8-10,16,27H,1-2,5-7H2,(H,22,28)(H,23,24,25)/t16-/m1/s1. The first-order chi connectivity index (χ1) is 13.6. The van der Waals surface area contributed by atoms with Crippen LogP contribution in [0, 0.1) is 11.6 Å². The third kappa shape index (κ3) is 3.29. The summed E-state index contributed by atoms with van der Waals surface area (Å²) in [7, 11) is 0. The van der Waals surface area contributed by atoms with Crippen LogP contribution in [0.25, 0.3) is 11.0 Å². The van der Waals surface area contributed by atoms with Crippen molar-refractivity contribution in [2.45, 2.75) is 18.9 Å². The molecule has 28 heavy (non-hydrogen) atoms. The highest BCUT2D eigenvalue weighted by Gasteiger charge is 2.31. The minimum atomic E-state index is -0.486. The molecule has 0 spiro atoms. The van der Waals surface area contributed by atoms with Crippen LogP contribution >= 0.6 is 0 Å². The number of pyridine rings is 1. The van der Waals surface area contributed by atoms with E-state index in [-0.39, 0.29) is 25.1 Å². The third-order valence-corrected chi connectivity index (χ3v) is 4.90. The molecule has 3 aromatic rings. The zero-order chi connectivity index (χ0) is 19.7. The van der Waals surface area contributed by atoms with Gasteiger partial charge >= 0.3 is 0 Å². The molecule has 2 aromatic heterocycles. The molecule has 0 aliphatic carbocycles. The van der Waals surface area contributed by atoms with Crippen LogP contribution in [0.5, 0.6) is 0 Å². The van der Waals surface area contributed by atoms with Crippen molar-refractivity contribution in [2.75, 3.05) is 24.6 Å². The van der Waals surface area contributed by atoms with Gasteiger partial charge in [0.25, 0.3) is 5.91 Å². The molecule has 3 heterocycles. The zero-order valence-electron chi connectivity index (χ0n) is 15.0. The molecule has 0 saturated carbocycles. The summed E-state index contributed by atoms with van der Waals surface area (Å²) in [6, 6.07) is 4.76. The number of rotatable bonds is 5. The molecular weight excluding hydrogens is 368 g/mol. The SMILES string of the molecule is O=C(NCCO)c1cnc2[nH]nc(N3CCC[C@@H]3c3cc(F)ccc3F)c2c1. The monoisotopic (exact) mass is 387 g/mol. The highest BCUT2D eigenvalue weighted by Crippen LogP contribution is 2.39. The lowest BCUT2D eigenvalue weighted by Gasteiger charge is -2.25. The maximum Gasteiger partial charge on any atom is 0.252 e. The van der Waals surface area contributed by atoms with E-state index in [4.69, 9.17) is 5.11 Å². The number of hydrogen-bond acceptors (Lipinski definition) is 5. The van der Waals surface area contributed by atoms with Gasteiger partial charge in [0.15, 0.2) is 11.5 Å². The van der Waals surface area contributed by atoms with Crippen molar-refractivity contribution < 1.29 is 18.7 Å². The Morgan fingerprint density at radius 1 is 1.36 bits per heavy atom. The van der Waals surface area contributed by atoms with E-state index in [2.05, 4.69) is 20.5 Å². The van der Waals surface area contributed by atoms with E-state index in [1.54, 1.807) is 6.07 Å². The highest BCUT2D eigenvalue weighted by atomic mass is 19.1. The number of aliphatic hydroxyl groups excluding tert-OH is 1. The van der Waals surface area contributed by atoms with Crippen molar-refractivity contribution in [3.8, 4) is 0 Å². The minimum Gasteiger partial charge on any atom is -0.395 e. The Bertz CT molecular complexity index is 1020. The summed E-state index contributed by atoms with van der Waals surface area (Å²) in [6.45, 7) is 0.608. The summed E-state index contributed by atoms with van der Waals surface area (Å²) in [4.78, 5) is 18.3. The number of aliphatic hydroxyl groups is 1. The maximum atomic E-state index is 14.3. The molecule has 4 rings (SSSR count). The van der Waals surface area contributed by atoms with Gasteiger partial charge in [-0.15, -0.1) is 0 Å². The Kier molecular flexibility index (Phi) is 4.91. The summed E-state index contributed by atoms with van der Waals surface area (Å²) in [5.74, 6) is -0.754. The van der Waals surface area contributed by atoms with E-state index >= 15 is 0 Å². The van der Waals surface area contributed by atoms with Crippen LogP contribution < -0.4 is 10.2 Å². The fourth-order valence-corrected chi connectivity index (χ4v) is 3.62. The van der Waals surface area contributed by atoms with Gasteiger partial charge in [0, 0.05) is 24.8 Å². The summed E-state index contributed by atoms with van der Waals surface area (Å²) >= 11 is 0. The van der Waals surface area contributed by atoms with E-state index < -0.39 is 11.6 Å². The molecule has 1 fully saturated rings. The maximum absolute atomic E-state index is 14.3. The molecule has 1 amide bonds. The van der Waals surface area contributed by atoms with Crippen LogP contribution in [0.4, 0.5) is 14.6 Å². The van der Waals surface area contributed by atoms with Crippen molar-refractivity contribution in [3.63, 3.8) is 0 Å². The Morgan fingerprint density at radius 3 is 3.04 bits per heavy atom. The Hall–Kier alpha value is -3.07. The Morgan fingerprint density at radius 2 is 2.21 bits per heavy atom. The molecule has 1 aliphatic heterocycles. The number of anilines is 1. The number of nitrogens with one attached hydrogen (secondary N) is 2. The predicted molar refractivity (Wildman–Crippen MR) is 99.0 cm³/mol. The zero-order valence-corrected chi connectivity index (χ0v) is 15.0. The number of benzene rings is 1. The number of carbonyl (C=O) groups excluding carboxylic acids is 1. The fraction of sp³-hybridized carbons (Fsp3) is 0.316. The van der Waals surface area contributed by atoms with Crippen LogP contribution in [0.15, 0.2) is 30.5 Å². The van der Waals surface area contributed by atoms with Crippen LogP contribution in [0.3, 0.4) is 0 Å². The van der Waals surface area contributed by atoms with Gasteiger partial charge in [-0.25, -0.2) is 13.8 Å². The number of nitrogens with zero attached hydrogens (tertiary/aromatic N) is 3. The van der Waals surface area contributed by atoms with Gasteiger partial charge in [0.05, 0.1) is 23.6 Å². The molecular formula is C19H19F2N5O2. The number of carbonyl (C=O) groups is 1. The summed E-state index contributed by atoms with van der Waals surface area (Å²) in [6.07, 6.45) is 2.89. The van der Waals surface area contributed by atoms with Crippen molar-refractivity contribution in [3.05, 3.63) is 53.2 Å². The minimum absolute atomic E-state index is 0.141. The highest BCUT2D eigenvalue weighted by molar-refractivity contribution is 5.99. The number of H-pyrrole nitrogens is 1. The summed E-state index contributed by atoms with van der Waals surface area (Å²) in [5, 5.41) is 19.2. The smallest absolute Gasteiger partial charge is 0.252 e. The molecule has 1 atom stereocenters. The second kappa shape index (κ2) is 7.51. The second-order valence-corrected chi connectivity index (χ2v) is 6.66. The Labute approximate surface area is 159 Å². The van der Waals surface area contributed by atoms with E-state index in [9.17, 15) is 13.6 Å². The molecule has 7 nitrogen and oxygen atoms in total. The van der Waals surface area contributed by atoms with Crippen molar-refractivity contribution in [1.82, 2.24) is 20.5 Å². The van der Waals surface area contributed by atoms with E-state index in [0.29, 0.717) is 40.9 Å². The second-order valence-electron chi connectivity index (χ2n) is 6.66. The van der Waals surface area contributed by atoms with Crippen LogP contribution in [0.2, 0.25) is 0 Å². The molecule has 0 radical (unpaired) electrons. The average Bonchev–Trinajstić information content (AvgIpc) is 3.33. The number of aromatic nitrogens is 3. The molecule has 1 aliphatic rings. The van der Waals surface area contributed by atoms with Gasteiger partial charge in [0.1, 0.15) is 11.6 Å². The lowest BCUT2D eigenvalue weighted by molar-refractivity contribution is 0.0944. The van der Waals surface area contributed by atoms with E-state index in [1.165, 1.54) is 12.3 Å². The molecule has 3 N–H and O–H groups in total. The lowest BCUT2D eigenvalue weighted by atomic mass is 10.0. The quantitative estimate of drug-likeness (QED) is 0.625. The van der Waals surface area contributed by atoms with Gasteiger partial charge in [-0.2, -0.15) is 5.10 Å². The Balaban J connectivity index is 1.71. The van der Waals surface area contributed by atoms with Gasteiger partial charge in [-0.3, -0.25) is 9.89 Å².